The second-order valence-corrected chi connectivity index (χ2v) is 6.36. The Hall–Kier alpha value is -3.25. The Bertz CT molecular complexity index is 1080. The number of ether oxygens (including phenoxy) is 1. The van der Waals surface area contributed by atoms with Gasteiger partial charge in [-0.25, -0.2) is 9.97 Å². The minimum Gasteiger partial charge on any atom is -0.453 e. The summed E-state index contributed by atoms with van der Waals surface area (Å²) in [5.41, 5.74) is 3.06. The second-order valence-electron chi connectivity index (χ2n) is 5.92. The quantitative estimate of drug-likeness (QED) is 0.511. The molecule has 3 heterocycles. The first-order valence-electron chi connectivity index (χ1n) is 8.36. The number of benzene rings is 1. The summed E-state index contributed by atoms with van der Waals surface area (Å²) in [5.74, 6) is 1.82. The molecule has 27 heavy (non-hydrogen) atoms. The van der Waals surface area contributed by atoms with Gasteiger partial charge in [0.15, 0.2) is 5.75 Å². The van der Waals surface area contributed by atoms with Crippen molar-refractivity contribution in [3.05, 3.63) is 77.3 Å². The maximum absolute atomic E-state index is 6.00. The van der Waals surface area contributed by atoms with Crippen molar-refractivity contribution in [3.63, 3.8) is 0 Å². The van der Waals surface area contributed by atoms with E-state index >= 15 is 0 Å². The molecule has 0 radical (unpaired) electrons. The third-order valence-electron chi connectivity index (χ3n) is 4.02. The number of halogens is 1. The van der Waals surface area contributed by atoms with Gasteiger partial charge in [-0.1, -0.05) is 17.7 Å². The summed E-state index contributed by atoms with van der Waals surface area (Å²) in [4.78, 5) is 13.3. The summed E-state index contributed by atoms with van der Waals surface area (Å²) >= 11 is 5.93. The van der Waals surface area contributed by atoms with E-state index in [0.29, 0.717) is 22.5 Å². The summed E-state index contributed by atoms with van der Waals surface area (Å²) < 4.78 is 7.68. The standard InChI is InChI=1S/C20H16ClN5O/c1-13-19(27-16-8-6-15(21)7-9-16)14(2)26(25-13)20-23-12-10-18(24-20)17-5-3-4-11-22-17/h3-12H,1-2H3. The first kappa shape index (κ1) is 17.2. The molecule has 3 aromatic heterocycles. The zero-order valence-corrected chi connectivity index (χ0v) is 15.6. The maximum atomic E-state index is 6.00. The Morgan fingerprint density at radius 2 is 1.70 bits per heavy atom. The molecule has 0 saturated carbocycles. The third kappa shape index (κ3) is 3.52. The van der Waals surface area contributed by atoms with Gasteiger partial charge in [0, 0.05) is 17.4 Å². The predicted molar refractivity (Wildman–Crippen MR) is 103 cm³/mol. The molecular weight excluding hydrogens is 362 g/mol. The van der Waals surface area contributed by atoms with Gasteiger partial charge in [-0.15, -0.1) is 0 Å². The van der Waals surface area contributed by atoms with E-state index in [4.69, 9.17) is 16.3 Å². The van der Waals surface area contributed by atoms with E-state index < -0.39 is 0 Å². The van der Waals surface area contributed by atoms with E-state index in [0.717, 1.165) is 22.8 Å². The molecule has 0 N–H and O–H groups in total. The number of aryl methyl sites for hydroxylation is 1. The summed E-state index contributed by atoms with van der Waals surface area (Å²) in [6, 6.07) is 14.7. The van der Waals surface area contributed by atoms with Crippen molar-refractivity contribution in [2.45, 2.75) is 13.8 Å². The summed E-state index contributed by atoms with van der Waals surface area (Å²) in [6.45, 7) is 3.80. The molecule has 0 bridgehead atoms. The van der Waals surface area contributed by atoms with Crippen molar-refractivity contribution in [1.82, 2.24) is 24.7 Å². The third-order valence-corrected chi connectivity index (χ3v) is 4.27. The lowest BCUT2D eigenvalue weighted by Gasteiger charge is -2.07. The van der Waals surface area contributed by atoms with Crippen LogP contribution in [0.25, 0.3) is 17.3 Å². The van der Waals surface area contributed by atoms with Crippen molar-refractivity contribution in [2.24, 2.45) is 0 Å². The van der Waals surface area contributed by atoms with E-state index in [1.807, 2.05) is 50.2 Å². The van der Waals surface area contributed by atoms with Gasteiger partial charge >= 0.3 is 0 Å². The van der Waals surface area contributed by atoms with E-state index in [-0.39, 0.29) is 0 Å². The van der Waals surface area contributed by atoms with Crippen LogP contribution >= 0.6 is 11.6 Å². The fourth-order valence-corrected chi connectivity index (χ4v) is 2.82. The van der Waals surface area contributed by atoms with Gasteiger partial charge in [0.25, 0.3) is 5.95 Å². The molecule has 0 atom stereocenters. The van der Waals surface area contributed by atoms with Crippen molar-refractivity contribution in [2.75, 3.05) is 0 Å². The number of hydrogen-bond donors (Lipinski definition) is 0. The van der Waals surface area contributed by atoms with Crippen molar-refractivity contribution < 1.29 is 4.74 Å². The molecule has 4 rings (SSSR count). The van der Waals surface area contributed by atoms with Gasteiger partial charge in [0.05, 0.1) is 17.1 Å². The lowest BCUT2D eigenvalue weighted by atomic mass is 10.2. The number of hydrogen-bond acceptors (Lipinski definition) is 5. The molecule has 1 aromatic carbocycles. The Morgan fingerprint density at radius 3 is 2.44 bits per heavy atom. The van der Waals surface area contributed by atoms with Crippen LogP contribution in [0.15, 0.2) is 60.9 Å². The van der Waals surface area contributed by atoms with Crippen LogP contribution < -0.4 is 4.74 Å². The van der Waals surface area contributed by atoms with E-state index in [1.54, 1.807) is 29.2 Å². The smallest absolute Gasteiger partial charge is 0.251 e. The second kappa shape index (κ2) is 7.17. The van der Waals surface area contributed by atoms with Crippen LogP contribution in [0.5, 0.6) is 11.5 Å². The van der Waals surface area contributed by atoms with Gasteiger partial charge in [-0.3, -0.25) is 4.98 Å². The molecule has 0 unspecified atom stereocenters. The number of pyridine rings is 1. The first-order chi connectivity index (χ1) is 13.1. The fraction of sp³-hybridized carbons (Fsp3) is 0.100. The van der Waals surface area contributed by atoms with E-state index in [9.17, 15) is 0 Å². The highest BCUT2D eigenvalue weighted by molar-refractivity contribution is 6.30. The molecule has 0 saturated heterocycles. The van der Waals surface area contributed by atoms with Crippen molar-refractivity contribution >= 4 is 11.6 Å². The van der Waals surface area contributed by atoms with Gasteiger partial charge in [-0.2, -0.15) is 9.78 Å². The first-order valence-corrected chi connectivity index (χ1v) is 8.74. The SMILES string of the molecule is Cc1nn(-c2nccc(-c3ccccn3)n2)c(C)c1Oc1ccc(Cl)cc1. The summed E-state index contributed by atoms with van der Waals surface area (Å²) in [6.07, 6.45) is 3.43. The number of nitrogens with zero attached hydrogens (tertiary/aromatic N) is 5. The van der Waals surface area contributed by atoms with E-state index in [1.165, 1.54) is 0 Å². The largest absolute Gasteiger partial charge is 0.453 e. The molecule has 0 aliphatic rings. The summed E-state index contributed by atoms with van der Waals surface area (Å²) in [7, 11) is 0. The lowest BCUT2D eigenvalue weighted by Crippen LogP contribution is -2.05. The van der Waals surface area contributed by atoms with Gasteiger partial charge < -0.3 is 4.74 Å². The molecule has 7 heteroatoms. The van der Waals surface area contributed by atoms with E-state index in [2.05, 4.69) is 20.1 Å². The number of rotatable bonds is 4. The average Bonchev–Trinajstić information content (AvgIpc) is 2.99. The van der Waals surface area contributed by atoms with Crippen LogP contribution in [0.3, 0.4) is 0 Å². The highest BCUT2D eigenvalue weighted by Crippen LogP contribution is 2.30. The molecule has 6 nitrogen and oxygen atoms in total. The molecule has 4 aromatic rings. The van der Waals surface area contributed by atoms with Crippen LogP contribution in [-0.2, 0) is 0 Å². The Balaban J connectivity index is 1.70. The highest BCUT2D eigenvalue weighted by Gasteiger charge is 2.17. The molecule has 0 fully saturated rings. The van der Waals surface area contributed by atoms with Crippen LogP contribution in [-0.4, -0.2) is 24.7 Å². The Kier molecular flexibility index (Phi) is 4.56. The Labute approximate surface area is 161 Å². The van der Waals surface area contributed by atoms with Crippen LogP contribution in [0, 0.1) is 13.8 Å². The maximum Gasteiger partial charge on any atom is 0.251 e. The molecule has 0 spiro atoms. The zero-order valence-electron chi connectivity index (χ0n) is 14.8. The van der Waals surface area contributed by atoms with Crippen molar-refractivity contribution in [3.8, 4) is 28.8 Å². The monoisotopic (exact) mass is 377 g/mol. The summed E-state index contributed by atoms with van der Waals surface area (Å²) in [5, 5.41) is 5.21. The van der Waals surface area contributed by atoms with Crippen molar-refractivity contribution in [1.29, 1.82) is 0 Å². The fourth-order valence-electron chi connectivity index (χ4n) is 2.70. The number of aromatic nitrogens is 5. The minimum absolute atomic E-state index is 0.463. The highest BCUT2D eigenvalue weighted by atomic mass is 35.5. The lowest BCUT2D eigenvalue weighted by molar-refractivity contribution is 0.474. The van der Waals surface area contributed by atoms with Crippen LogP contribution in [0.1, 0.15) is 11.4 Å². The van der Waals surface area contributed by atoms with Gasteiger partial charge in [-0.05, 0) is 56.3 Å². The molecule has 0 aliphatic heterocycles. The average molecular weight is 378 g/mol. The van der Waals surface area contributed by atoms with Crippen LogP contribution in [0.4, 0.5) is 0 Å². The molecule has 0 aliphatic carbocycles. The Morgan fingerprint density at radius 1 is 0.889 bits per heavy atom. The predicted octanol–water partition coefficient (Wildman–Crippen LogP) is 4.79. The topological polar surface area (TPSA) is 65.7 Å². The normalized spacial score (nSPS) is 10.8. The van der Waals surface area contributed by atoms with Gasteiger partial charge in [0.2, 0.25) is 0 Å². The zero-order chi connectivity index (χ0) is 18.8. The molecular formula is C20H16ClN5O. The van der Waals surface area contributed by atoms with Crippen LogP contribution in [0.2, 0.25) is 5.02 Å². The molecule has 134 valence electrons. The van der Waals surface area contributed by atoms with Gasteiger partial charge in [0.1, 0.15) is 11.4 Å². The molecule has 0 amide bonds. The minimum atomic E-state index is 0.463.